The first-order chi connectivity index (χ1) is 12.4. The summed E-state index contributed by atoms with van der Waals surface area (Å²) in [5.74, 6) is -0.829. The number of carbonyl (C=O) groups is 1. The highest BCUT2D eigenvalue weighted by Crippen LogP contribution is 2.38. The van der Waals surface area contributed by atoms with Gasteiger partial charge in [0.2, 0.25) is 26.0 Å². The molecule has 1 saturated heterocycles. The number of ether oxygens (including phenoxy) is 1. The number of sulfonamides is 2. The second-order valence-electron chi connectivity index (χ2n) is 7.22. The van der Waals surface area contributed by atoms with Crippen LogP contribution < -0.4 is 9.04 Å². The van der Waals surface area contributed by atoms with Crippen molar-refractivity contribution in [2.75, 3.05) is 30.8 Å². The van der Waals surface area contributed by atoms with E-state index in [0.717, 1.165) is 6.42 Å². The number of anilines is 1. The van der Waals surface area contributed by atoms with Gasteiger partial charge in [-0.25, -0.2) is 25.4 Å². The van der Waals surface area contributed by atoms with Crippen LogP contribution >= 0.6 is 0 Å². The Kier molecular flexibility index (Phi) is 5.93. The topological polar surface area (TPSA) is 101 Å². The average molecular weight is 419 g/mol. The number of methoxy groups -OCH3 is 1. The fourth-order valence-corrected chi connectivity index (χ4v) is 6.40. The SMILES string of the molecule is CCCCN(C)S(=O)(=O)c1cc(N2C(=O)C(C)(C)CS2(=O)=O)ccc1OC. The summed E-state index contributed by atoms with van der Waals surface area (Å²) in [7, 11) is -5.00. The molecule has 0 radical (unpaired) electrons. The summed E-state index contributed by atoms with van der Waals surface area (Å²) in [4.78, 5) is 12.4. The van der Waals surface area contributed by atoms with Gasteiger partial charge >= 0.3 is 0 Å². The Morgan fingerprint density at radius 1 is 1.30 bits per heavy atom. The Bertz CT molecular complexity index is 938. The van der Waals surface area contributed by atoms with Gasteiger partial charge in [0, 0.05) is 13.6 Å². The van der Waals surface area contributed by atoms with Crippen LogP contribution in [0.25, 0.3) is 0 Å². The van der Waals surface area contributed by atoms with E-state index in [-0.39, 0.29) is 22.1 Å². The van der Waals surface area contributed by atoms with Gasteiger partial charge in [0.15, 0.2) is 0 Å². The number of hydrogen-bond acceptors (Lipinski definition) is 6. The highest BCUT2D eigenvalue weighted by molar-refractivity contribution is 7.94. The maximum absolute atomic E-state index is 12.9. The summed E-state index contributed by atoms with van der Waals surface area (Å²) in [6.45, 7) is 5.37. The lowest BCUT2D eigenvalue weighted by atomic mass is 9.95. The first kappa shape index (κ1) is 21.6. The summed E-state index contributed by atoms with van der Waals surface area (Å²) in [5, 5.41) is 0. The molecule has 0 aromatic heterocycles. The normalized spacial score (nSPS) is 18.9. The predicted molar refractivity (Wildman–Crippen MR) is 103 cm³/mol. The van der Waals surface area contributed by atoms with E-state index in [4.69, 9.17) is 4.74 Å². The third kappa shape index (κ3) is 3.97. The predicted octanol–water partition coefficient (Wildman–Crippen LogP) is 1.82. The molecule has 0 unspecified atom stereocenters. The summed E-state index contributed by atoms with van der Waals surface area (Å²) in [6, 6.07) is 3.93. The minimum absolute atomic E-state index is 0.00570. The van der Waals surface area contributed by atoms with Gasteiger partial charge in [-0.1, -0.05) is 13.3 Å². The van der Waals surface area contributed by atoms with E-state index in [9.17, 15) is 21.6 Å². The highest BCUT2D eigenvalue weighted by atomic mass is 32.2. The van der Waals surface area contributed by atoms with E-state index in [1.807, 2.05) is 6.92 Å². The van der Waals surface area contributed by atoms with Crippen LogP contribution in [0.1, 0.15) is 33.6 Å². The molecule has 27 heavy (non-hydrogen) atoms. The molecule has 1 aliphatic rings. The Labute approximate surface area is 161 Å². The first-order valence-electron chi connectivity index (χ1n) is 8.60. The van der Waals surface area contributed by atoms with E-state index in [1.54, 1.807) is 13.8 Å². The molecule has 0 bridgehead atoms. The van der Waals surface area contributed by atoms with Crippen molar-refractivity contribution in [3.8, 4) is 5.75 Å². The molecule has 0 spiro atoms. The van der Waals surface area contributed by atoms with Crippen molar-refractivity contribution >= 4 is 31.6 Å². The van der Waals surface area contributed by atoms with Crippen LogP contribution in [0.5, 0.6) is 5.75 Å². The second-order valence-corrected chi connectivity index (χ2v) is 11.1. The monoisotopic (exact) mass is 418 g/mol. The standard InChI is InChI=1S/C17H26N2O6S2/c1-6-7-10-18(4)27(23,24)15-11-13(8-9-14(15)25-5)19-16(20)17(2,3)12-26(19,21)22/h8-9,11H,6-7,10,12H2,1-5H3. The highest BCUT2D eigenvalue weighted by Gasteiger charge is 2.50. The summed E-state index contributed by atoms with van der Waals surface area (Å²) < 4.78 is 57.9. The van der Waals surface area contributed by atoms with Crippen molar-refractivity contribution in [3.05, 3.63) is 18.2 Å². The minimum Gasteiger partial charge on any atom is -0.495 e. The van der Waals surface area contributed by atoms with E-state index in [1.165, 1.54) is 36.7 Å². The molecule has 0 saturated carbocycles. The zero-order valence-corrected chi connectivity index (χ0v) is 17.9. The number of hydrogen-bond donors (Lipinski definition) is 0. The van der Waals surface area contributed by atoms with Gasteiger partial charge in [0.25, 0.3) is 0 Å². The summed E-state index contributed by atoms with van der Waals surface area (Å²) in [6.07, 6.45) is 1.51. The van der Waals surface area contributed by atoms with Crippen molar-refractivity contribution < 1.29 is 26.4 Å². The fourth-order valence-electron chi connectivity index (χ4n) is 2.92. The molecular weight excluding hydrogens is 392 g/mol. The van der Waals surface area contributed by atoms with Crippen LogP contribution in [0.15, 0.2) is 23.1 Å². The molecule has 1 aliphatic heterocycles. The molecule has 1 aromatic carbocycles. The molecule has 1 heterocycles. The zero-order chi connectivity index (χ0) is 20.6. The Hall–Kier alpha value is -1.65. The van der Waals surface area contributed by atoms with E-state index >= 15 is 0 Å². The molecule has 0 aliphatic carbocycles. The second kappa shape index (κ2) is 7.40. The average Bonchev–Trinajstić information content (AvgIpc) is 2.74. The van der Waals surface area contributed by atoms with E-state index < -0.39 is 31.4 Å². The van der Waals surface area contributed by atoms with Gasteiger partial charge in [0.1, 0.15) is 10.6 Å². The molecule has 8 nitrogen and oxygen atoms in total. The number of nitrogens with zero attached hydrogens (tertiary/aromatic N) is 2. The van der Waals surface area contributed by atoms with Crippen LogP contribution in [0.2, 0.25) is 0 Å². The summed E-state index contributed by atoms with van der Waals surface area (Å²) >= 11 is 0. The third-order valence-corrected chi connectivity index (χ3v) is 8.38. The van der Waals surface area contributed by atoms with Gasteiger partial charge in [-0.3, -0.25) is 4.79 Å². The van der Waals surface area contributed by atoms with Crippen LogP contribution in [0.3, 0.4) is 0 Å². The van der Waals surface area contributed by atoms with Gasteiger partial charge in [-0.05, 0) is 38.5 Å². The number of rotatable bonds is 7. The fraction of sp³-hybridized carbons (Fsp3) is 0.588. The lowest BCUT2D eigenvalue weighted by Gasteiger charge is -2.22. The Morgan fingerprint density at radius 3 is 2.41 bits per heavy atom. The first-order valence-corrected chi connectivity index (χ1v) is 11.6. The number of carbonyl (C=O) groups excluding carboxylic acids is 1. The van der Waals surface area contributed by atoms with Gasteiger partial charge in [0.05, 0.1) is 24.0 Å². The van der Waals surface area contributed by atoms with Crippen LogP contribution in [-0.2, 0) is 24.8 Å². The molecule has 1 fully saturated rings. The molecular formula is C17H26N2O6S2. The van der Waals surface area contributed by atoms with Crippen molar-refractivity contribution in [2.24, 2.45) is 5.41 Å². The van der Waals surface area contributed by atoms with E-state index in [2.05, 4.69) is 0 Å². The largest absolute Gasteiger partial charge is 0.495 e. The molecule has 152 valence electrons. The third-order valence-electron chi connectivity index (χ3n) is 4.48. The van der Waals surface area contributed by atoms with Crippen molar-refractivity contribution in [1.29, 1.82) is 0 Å². The molecule has 2 rings (SSSR count). The lowest BCUT2D eigenvalue weighted by Crippen LogP contribution is -2.33. The van der Waals surface area contributed by atoms with Crippen molar-refractivity contribution in [1.82, 2.24) is 4.31 Å². The van der Waals surface area contributed by atoms with Gasteiger partial charge < -0.3 is 4.74 Å². The quantitative estimate of drug-likeness (QED) is 0.669. The lowest BCUT2D eigenvalue weighted by molar-refractivity contribution is -0.123. The van der Waals surface area contributed by atoms with Crippen molar-refractivity contribution in [3.63, 3.8) is 0 Å². The van der Waals surface area contributed by atoms with Crippen LogP contribution in [0.4, 0.5) is 5.69 Å². The zero-order valence-electron chi connectivity index (χ0n) is 16.2. The molecule has 0 atom stereocenters. The van der Waals surface area contributed by atoms with Gasteiger partial charge in [-0.15, -0.1) is 0 Å². The molecule has 0 N–H and O–H groups in total. The summed E-state index contributed by atoms with van der Waals surface area (Å²) in [5.41, 5.74) is -1.08. The minimum atomic E-state index is -3.91. The maximum atomic E-state index is 12.9. The Balaban J connectivity index is 2.58. The van der Waals surface area contributed by atoms with E-state index in [0.29, 0.717) is 17.3 Å². The smallest absolute Gasteiger partial charge is 0.247 e. The van der Waals surface area contributed by atoms with Crippen LogP contribution in [-0.4, -0.2) is 53.5 Å². The number of benzene rings is 1. The molecule has 10 heteroatoms. The molecule has 1 aromatic rings. The maximum Gasteiger partial charge on any atom is 0.247 e. The van der Waals surface area contributed by atoms with Crippen molar-refractivity contribution in [2.45, 2.75) is 38.5 Å². The van der Waals surface area contributed by atoms with Crippen LogP contribution in [0, 0.1) is 5.41 Å². The van der Waals surface area contributed by atoms with Gasteiger partial charge in [-0.2, -0.15) is 0 Å². The molecule has 1 amide bonds. The Morgan fingerprint density at radius 2 is 1.93 bits per heavy atom. The number of unbranched alkanes of at least 4 members (excludes halogenated alkanes) is 1. The number of amides is 1.